The van der Waals surface area contributed by atoms with E-state index in [-0.39, 0.29) is 12.5 Å². The van der Waals surface area contributed by atoms with E-state index in [4.69, 9.17) is 13.6 Å². The van der Waals surface area contributed by atoms with Crippen LogP contribution in [0.4, 0.5) is 5.69 Å². The molecule has 3 rings (SSSR count). The number of unbranched alkanes of at least 4 members (excludes halogenated alkanes) is 1. The van der Waals surface area contributed by atoms with Crippen molar-refractivity contribution in [1.82, 2.24) is 10.2 Å². The lowest BCUT2D eigenvalue weighted by Gasteiger charge is -2.06. The second-order valence-corrected chi connectivity index (χ2v) is 5.42. The van der Waals surface area contributed by atoms with Crippen molar-refractivity contribution in [1.29, 1.82) is 0 Å². The van der Waals surface area contributed by atoms with Crippen molar-refractivity contribution in [2.24, 2.45) is 0 Å². The molecule has 1 N–H and O–H groups in total. The molecule has 0 spiro atoms. The number of anilines is 1. The molecule has 7 nitrogen and oxygen atoms in total. The molecular weight excluding hydrogens is 322 g/mol. The summed E-state index contributed by atoms with van der Waals surface area (Å²) < 4.78 is 16.1. The summed E-state index contributed by atoms with van der Waals surface area (Å²) >= 11 is 0. The van der Waals surface area contributed by atoms with Crippen LogP contribution in [0.25, 0.3) is 23.1 Å². The van der Waals surface area contributed by atoms with E-state index in [1.54, 1.807) is 42.7 Å². The number of carbonyl (C=O) groups excluding carboxylic acids is 1. The monoisotopic (exact) mass is 341 g/mol. The minimum Gasteiger partial charge on any atom is -0.459 e. The summed E-state index contributed by atoms with van der Waals surface area (Å²) in [6.45, 7) is 2.72. The summed E-state index contributed by atoms with van der Waals surface area (Å²) in [6, 6.07) is 10.6. The number of carbonyl (C=O) groups is 1. The Kier molecular flexibility index (Phi) is 5.58. The van der Waals surface area contributed by atoms with Gasteiger partial charge in [0.2, 0.25) is 11.8 Å². The van der Waals surface area contributed by atoms with Crippen molar-refractivity contribution in [2.45, 2.75) is 19.8 Å². The first-order valence-corrected chi connectivity index (χ1v) is 8.11. The lowest BCUT2D eigenvalue weighted by atomic mass is 10.2. The zero-order valence-corrected chi connectivity index (χ0v) is 13.9. The summed E-state index contributed by atoms with van der Waals surface area (Å²) in [5.74, 6) is 1.04. The number of benzene rings is 1. The molecule has 1 aromatic carbocycles. The van der Waals surface area contributed by atoms with Gasteiger partial charge in [0.15, 0.2) is 5.76 Å². The lowest BCUT2D eigenvalue weighted by molar-refractivity contribution is -0.120. The Hall–Kier alpha value is -2.93. The molecule has 0 aliphatic heterocycles. The molecule has 0 atom stereocenters. The van der Waals surface area contributed by atoms with Gasteiger partial charge in [-0.25, -0.2) is 0 Å². The molecule has 1 amide bonds. The van der Waals surface area contributed by atoms with Gasteiger partial charge in [0, 0.05) is 17.9 Å². The van der Waals surface area contributed by atoms with E-state index in [0.717, 1.165) is 18.4 Å². The predicted molar refractivity (Wildman–Crippen MR) is 91.8 cm³/mol. The van der Waals surface area contributed by atoms with Gasteiger partial charge in [-0.2, -0.15) is 0 Å². The molecule has 2 heterocycles. The van der Waals surface area contributed by atoms with E-state index in [2.05, 4.69) is 22.4 Å². The van der Waals surface area contributed by atoms with Gasteiger partial charge in [-0.15, -0.1) is 10.2 Å². The minimum absolute atomic E-state index is 0.0535. The summed E-state index contributed by atoms with van der Waals surface area (Å²) in [5, 5.41) is 10.7. The third-order valence-electron chi connectivity index (χ3n) is 3.45. The van der Waals surface area contributed by atoms with Crippen LogP contribution in [0.15, 0.2) is 51.5 Å². The third-order valence-corrected chi connectivity index (χ3v) is 3.45. The van der Waals surface area contributed by atoms with E-state index in [9.17, 15) is 4.79 Å². The smallest absolute Gasteiger partial charge is 0.283 e. The molecule has 2 aromatic heterocycles. The quantitative estimate of drug-likeness (QED) is 0.628. The first-order valence-electron chi connectivity index (χ1n) is 8.11. The Morgan fingerprint density at radius 3 is 2.68 bits per heavy atom. The maximum atomic E-state index is 11.8. The van der Waals surface area contributed by atoms with E-state index in [0.29, 0.717) is 29.8 Å². The van der Waals surface area contributed by atoms with Crippen LogP contribution in [0, 0.1) is 0 Å². The zero-order chi connectivity index (χ0) is 17.5. The van der Waals surface area contributed by atoms with E-state index in [1.165, 1.54) is 0 Å². The number of amides is 1. The second-order valence-electron chi connectivity index (χ2n) is 5.42. The van der Waals surface area contributed by atoms with E-state index < -0.39 is 0 Å². The molecule has 0 bridgehead atoms. The number of furan rings is 1. The molecule has 0 aliphatic rings. The van der Waals surface area contributed by atoms with Gasteiger partial charge in [0.1, 0.15) is 6.61 Å². The maximum Gasteiger partial charge on any atom is 0.283 e. The molecule has 3 aromatic rings. The third kappa shape index (κ3) is 4.54. The molecule has 0 aliphatic carbocycles. The number of hydrogen-bond acceptors (Lipinski definition) is 6. The largest absolute Gasteiger partial charge is 0.459 e. The average Bonchev–Trinajstić information content (AvgIpc) is 3.30. The van der Waals surface area contributed by atoms with Crippen LogP contribution < -0.4 is 5.32 Å². The number of nitrogens with one attached hydrogen (secondary N) is 1. The highest BCUT2D eigenvalue weighted by atomic mass is 16.5. The van der Waals surface area contributed by atoms with E-state index >= 15 is 0 Å². The van der Waals surface area contributed by atoms with Crippen molar-refractivity contribution in [3.8, 4) is 23.1 Å². The Balaban J connectivity index is 1.58. The topological polar surface area (TPSA) is 90.4 Å². The van der Waals surface area contributed by atoms with Gasteiger partial charge < -0.3 is 18.9 Å². The van der Waals surface area contributed by atoms with Crippen molar-refractivity contribution in [3.05, 3.63) is 42.7 Å². The molecule has 0 radical (unpaired) electrons. The predicted octanol–water partition coefficient (Wildman–Crippen LogP) is 3.75. The van der Waals surface area contributed by atoms with Crippen LogP contribution >= 0.6 is 0 Å². The highest BCUT2D eigenvalue weighted by Gasteiger charge is 2.12. The maximum absolute atomic E-state index is 11.8. The SMILES string of the molecule is CCCCOCC(=O)Nc1ccc(-c2nnc(-c3ccco3)o2)cc1. The van der Waals surface area contributed by atoms with Gasteiger partial charge in [0.25, 0.3) is 5.89 Å². The molecule has 0 unspecified atom stereocenters. The molecule has 0 fully saturated rings. The minimum atomic E-state index is -0.179. The molecule has 130 valence electrons. The normalized spacial score (nSPS) is 10.8. The van der Waals surface area contributed by atoms with Crippen LogP contribution in [-0.2, 0) is 9.53 Å². The van der Waals surface area contributed by atoms with Crippen molar-refractivity contribution in [2.75, 3.05) is 18.5 Å². The Bertz CT molecular complexity index is 794. The fourth-order valence-electron chi connectivity index (χ4n) is 2.14. The Labute approximate surface area is 145 Å². The number of aromatic nitrogens is 2. The van der Waals surface area contributed by atoms with Crippen molar-refractivity contribution >= 4 is 11.6 Å². The second kappa shape index (κ2) is 8.25. The van der Waals surface area contributed by atoms with Gasteiger partial charge in [-0.05, 0) is 42.8 Å². The molecule has 0 saturated heterocycles. The Morgan fingerprint density at radius 1 is 1.16 bits per heavy atom. The average molecular weight is 341 g/mol. The van der Waals surface area contributed by atoms with Gasteiger partial charge in [0.05, 0.1) is 6.26 Å². The van der Waals surface area contributed by atoms with E-state index in [1.807, 2.05) is 0 Å². The van der Waals surface area contributed by atoms with Crippen LogP contribution in [0.1, 0.15) is 19.8 Å². The Morgan fingerprint density at radius 2 is 1.96 bits per heavy atom. The first-order chi connectivity index (χ1) is 12.3. The number of ether oxygens (including phenoxy) is 1. The van der Waals surface area contributed by atoms with Gasteiger partial charge in [-0.3, -0.25) is 4.79 Å². The van der Waals surface area contributed by atoms with Gasteiger partial charge in [-0.1, -0.05) is 13.3 Å². The van der Waals surface area contributed by atoms with Crippen LogP contribution in [0.2, 0.25) is 0 Å². The lowest BCUT2D eigenvalue weighted by Crippen LogP contribution is -2.18. The molecule has 0 saturated carbocycles. The fourth-order valence-corrected chi connectivity index (χ4v) is 2.14. The van der Waals surface area contributed by atoms with Crippen LogP contribution in [0.3, 0.4) is 0 Å². The standard InChI is InChI=1S/C18H19N3O4/c1-2-3-10-23-12-16(22)19-14-8-6-13(7-9-14)17-20-21-18(25-17)15-5-4-11-24-15/h4-9,11H,2-3,10,12H2,1H3,(H,19,22). The first kappa shape index (κ1) is 16.9. The number of nitrogens with zero attached hydrogens (tertiary/aromatic N) is 2. The highest BCUT2D eigenvalue weighted by Crippen LogP contribution is 2.25. The number of hydrogen-bond donors (Lipinski definition) is 1. The van der Waals surface area contributed by atoms with Crippen molar-refractivity contribution < 1.29 is 18.4 Å². The van der Waals surface area contributed by atoms with Crippen molar-refractivity contribution in [3.63, 3.8) is 0 Å². The summed E-state index contributed by atoms with van der Waals surface area (Å²) in [4.78, 5) is 11.8. The van der Waals surface area contributed by atoms with Crippen LogP contribution in [0.5, 0.6) is 0 Å². The zero-order valence-electron chi connectivity index (χ0n) is 13.9. The molecular formula is C18H19N3O4. The van der Waals surface area contributed by atoms with Gasteiger partial charge >= 0.3 is 0 Å². The summed E-state index contributed by atoms with van der Waals surface area (Å²) in [5.41, 5.74) is 1.43. The fraction of sp³-hybridized carbons (Fsp3) is 0.278. The summed E-state index contributed by atoms with van der Waals surface area (Å²) in [6.07, 6.45) is 3.54. The molecule has 25 heavy (non-hydrogen) atoms. The highest BCUT2D eigenvalue weighted by molar-refractivity contribution is 5.91. The molecule has 7 heteroatoms. The summed E-state index contributed by atoms with van der Waals surface area (Å²) in [7, 11) is 0. The van der Waals surface area contributed by atoms with Crippen LogP contribution in [-0.4, -0.2) is 29.3 Å². The number of rotatable bonds is 8.